The molecular weight excluding hydrogens is 588 g/mol. The van der Waals surface area contributed by atoms with E-state index >= 15 is 4.79 Å². The molecule has 242 valence electrons. The Morgan fingerprint density at radius 3 is 1.51 bits per heavy atom. The van der Waals surface area contributed by atoms with Crippen LogP contribution in [0.1, 0.15) is 47.2 Å². The number of carbonyl (C=O) groups excluding carboxylic acids is 1. The molecule has 4 atom stereocenters. The van der Waals surface area contributed by atoms with Crippen molar-refractivity contribution in [2.45, 2.75) is 82.7 Å². The summed E-state index contributed by atoms with van der Waals surface area (Å²) in [4.78, 5) is 19.3. The minimum absolute atomic E-state index is 0.00102. The predicted octanol–water partition coefficient (Wildman–Crippen LogP) is 6.74. The number of amides is 2. The van der Waals surface area contributed by atoms with Crippen molar-refractivity contribution in [1.29, 1.82) is 0 Å². The van der Waals surface area contributed by atoms with Gasteiger partial charge in [0, 0.05) is 25.9 Å². The van der Waals surface area contributed by atoms with Gasteiger partial charge in [-0.3, -0.25) is 0 Å². The van der Waals surface area contributed by atoms with Gasteiger partial charge in [0.05, 0.1) is 25.3 Å². The first kappa shape index (κ1) is 30.0. The second-order valence-corrected chi connectivity index (χ2v) is 13.7. The van der Waals surface area contributed by atoms with E-state index in [1.165, 1.54) is 22.3 Å². The van der Waals surface area contributed by atoms with Gasteiger partial charge in [0.15, 0.2) is 5.79 Å². The van der Waals surface area contributed by atoms with Crippen LogP contribution < -0.4 is 9.47 Å². The van der Waals surface area contributed by atoms with E-state index in [1.807, 2.05) is 50.2 Å². The van der Waals surface area contributed by atoms with Crippen molar-refractivity contribution >= 4 is 6.03 Å². The van der Waals surface area contributed by atoms with Crippen LogP contribution in [-0.4, -0.2) is 59.1 Å². The lowest BCUT2D eigenvalue weighted by Crippen LogP contribution is -2.51. The van der Waals surface area contributed by atoms with Crippen molar-refractivity contribution in [3.63, 3.8) is 0 Å². The molecule has 4 aromatic rings. The Labute approximate surface area is 277 Å². The van der Waals surface area contributed by atoms with Gasteiger partial charge in [-0.15, -0.1) is 0 Å². The summed E-state index contributed by atoms with van der Waals surface area (Å²) in [7, 11) is 0. The fourth-order valence-corrected chi connectivity index (χ4v) is 7.82. The van der Waals surface area contributed by atoms with Gasteiger partial charge in [-0.2, -0.15) is 0 Å². The second-order valence-electron chi connectivity index (χ2n) is 13.7. The van der Waals surface area contributed by atoms with Crippen LogP contribution in [-0.2, 0) is 48.2 Å². The van der Waals surface area contributed by atoms with E-state index in [0.717, 1.165) is 35.5 Å². The van der Waals surface area contributed by atoms with E-state index in [2.05, 4.69) is 70.5 Å². The lowest BCUT2D eigenvalue weighted by Gasteiger charge is -2.37. The van der Waals surface area contributed by atoms with Crippen LogP contribution in [0.2, 0.25) is 0 Å². The molecule has 0 bridgehead atoms. The van der Waals surface area contributed by atoms with Gasteiger partial charge in [-0.1, -0.05) is 84.9 Å². The molecule has 0 aliphatic carbocycles. The van der Waals surface area contributed by atoms with E-state index in [-0.39, 0.29) is 30.3 Å². The van der Waals surface area contributed by atoms with Crippen molar-refractivity contribution < 1.29 is 23.7 Å². The monoisotopic (exact) mass is 630 g/mol. The Kier molecular flexibility index (Phi) is 7.90. The van der Waals surface area contributed by atoms with Gasteiger partial charge in [-0.05, 0) is 72.2 Å². The Morgan fingerprint density at radius 2 is 1.06 bits per heavy atom. The average Bonchev–Trinajstić information content (AvgIpc) is 3.82. The summed E-state index contributed by atoms with van der Waals surface area (Å²) in [5, 5.41) is 0. The molecule has 2 saturated heterocycles. The average molecular weight is 631 g/mol. The SMILES string of the molecule is CC1(C)O[C@@H]2[C@@H](O1)[C@@H](Cc1ccc3c(c1)CCO3)N(Cc1ccccc1)C(=O)N(Cc1ccccc1)[C@@H]2Cc1ccc2c(c1)CCO2. The van der Waals surface area contributed by atoms with E-state index < -0.39 is 5.79 Å². The number of ether oxygens (including phenoxy) is 4. The smallest absolute Gasteiger partial charge is 0.321 e. The summed E-state index contributed by atoms with van der Waals surface area (Å²) >= 11 is 0. The number of hydrogen-bond donors (Lipinski definition) is 0. The molecule has 4 aliphatic heterocycles. The maximum atomic E-state index is 15.2. The van der Waals surface area contributed by atoms with Crippen molar-refractivity contribution in [3.05, 3.63) is 130 Å². The first-order chi connectivity index (χ1) is 22.9. The third kappa shape index (κ3) is 6.10. The summed E-state index contributed by atoms with van der Waals surface area (Å²) in [5.41, 5.74) is 6.95. The standard InChI is InChI=1S/C40H42N2O5/c1-40(2)46-37-33(23-29-13-15-35-31(21-29)17-19-44-35)41(25-27-9-5-3-6-10-27)39(43)42(26-28-11-7-4-8-12-28)34(38(37)47-40)24-30-14-16-36-32(22-30)18-20-45-36/h3-16,21-22,33-34,37-38H,17-20,23-26H2,1-2H3/t33-,34-,37+,38+/m1/s1. The van der Waals surface area contributed by atoms with E-state index in [0.29, 0.717) is 39.1 Å². The molecule has 4 aliphatic rings. The first-order valence-electron chi connectivity index (χ1n) is 16.9. The molecule has 7 nitrogen and oxygen atoms in total. The minimum atomic E-state index is -0.805. The lowest BCUT2D eigenvalue weighted by atomic mass is 9.90. The summed E-state index contributed by atoms with van der Waals surface area (Å²) in [6.45, 7) is 6.36. The van der Waals surface area contributed by atoms with Gasteiger partial charge in [0.2, 0.25) is 0 Å². The molecular formula is C40H42N2O5. The molecule has 2 amide bonds. The molecule has 2 fully saturated rings. The number of fused-ring (bicyclic) bond motifs is 3. The maximum Gasteiger partial charge on any atom is 0.321 e. The zero-order chi connectivity index (χ0) is 32.0. The molecule has 0 saturated carbocycles. The summed E-state index contributed by atoms with van der Waals surface area (Å²) in [6, 6.07) is 33.0. The predicted molar refractivity (Wildman–Crippen MR) is 179 cm³/mol. The zero-order valence-corrected chi connectivity index (χ0v) is 27.1. The van der Waals surface area contributed by atoms with Crippen LogP contribution in [0.3, 0.4) is 0 Å². The molecule has 8 rings (SSSR count). The summed E-state index contributed by atoms with van der Waals surface area (Å²) in [6.07, 6.45) is 2.41. The molecule has 47 heavy (non-hydrogen) atoms. The number of carbonyl (C=O) groups is 1. The second kappa shape index (κ2) is 12.4. The van der Waals surface area contributed by atoms with Crippen LogP contribution in [0.15, 0.2) is 97.1 Å². The Morgan fingerprint density at radius 1 is 0.617 bits per heavy atom. The maximum absolute atomic E-state index is 15.2. The fourth-order valence-electron chi connectivity index (χ4n) is 7.82. The van der Waals surface area contributed by atoms with Crippen LogP contribution in [0.25, 0.3) is 0 Å². The van der Waals surface area contributed by atoms with Crippen molar-refractivity contribution in [2.75, 3.05) is 13.2 Å². The molecule has 4 heterocycles. The Bertz CT molecular complexity index is 1620. The number of rotatable bonds is 8. The van der Waals surface area contributed by atoms with Crippen LogP contribution in [0.4, 0.5) is 4.79 Å². The van der Waals surface area contributed by atoms with Crippen LogP contribution in [0.5, 0.6) is 11.5 Å². The molecule has 0 aromatic heterocycles. The van der Waals surface area contributed by atoms with E-state index in [1.54, 1.807) is 0 Å². The number of urea groups is 1. The lowest BCUT2D eigenvalue weighted by molar-refractivity contribution is -0.157. The van der Waals surface area contributed by atoms with Crippen molar-refractivity contribution in [2.24, 2.45) is 0 Å². The summed E-state index contributed by atoms with van der Waals surface area (Å²) in [5.74, 6) is 1.11. The third-order valence-electron chi connectivity index (χ3n) is 10.0. The number of nitrogens with zero attached hydrogens (tertiary/aromatic N) is 2. The molecule has 7 heteroatoms. The van der Waals surface area contributed by atoms with Crippen molar-refractivity contribution in [1.82, 2.24) is 9.80 Å². The van der Waals surface area contributed by atoms with Crippen LogP contribution in [0, 0.1) is 0 Å². The Balaban J connectivity index is 1.24. The first-order valence-corrected chi connectivity index (χ1v) is 16.9. The topological polar surface area (TPSA) is 60.5 Å². The Hall–Kier alpha value is -4.33. The molecule has 0 radical (unpaired) electrons. The largest absolute Gasteiger partial charge is 0.493 e. The quantitative estimate of drug-likeness (QED) is 0.216. The number of benzene rings is 4. The van der Waals surface area contributed by atoms with Gasteiger partial charge >= 0.3 is 6.03 Å². The van der Waals surface area contributed by atoms with Crippen LogP contribution >= 0.6 is 0 Å². The highest BCUT2D eigenvalue weighted by Gasteiger charge is 2.55. The highest BCUT2D eigenvalue weighted by atomic mass is 16.8. The van der Waals surface area contributed by atoms with Gasteiger partial charge in [0.25, 0.3) is 0 Å². The molecule has 0 spiro atoms. The molecule has 0 N–H and O–H groups in total. The van der Waals surface area contributed by atoms with Gasteiger partial charge in [-0.25, -0.2) is 4.79 Å². The summed E-state index contributed by atoms with van der Waals surface area (Å²) < 4.78 is 25.4. The van der Waals surface area contributed by atoms with Gasteiger partial charge in [0.1, 0.15) is 23.7 Å². The highest BCUT2D eigenvalue weighted by molar-refractivity contribution is 5.76. The normalized spacial score (nSPS) is 24.3. The fraction of sp³-hybridized carbons (Fsp3) is 0.375. The van der Waals surface area contributed by atoms with E-state index in [4.69, 9.17) is 18.9 Å². The number of hydrogen-bond acceptors (Lipinski definition) is 5. The van der Waals surface area contributed by atoms with Crippen molar-refractivity contribution in [3.8, 4) is 11.5 Å². The minimum Gasteiger partial charge on any atom is -0.493 e. The highest BCUT2D eigenvalue weighted by Crippen LogP contribution is 2.41. The molecule has 4 aromatic carbocycles. The zero-order valence-electron chi connectivity index (χ0n) is 27.1. The molecule has 0 unspecified atom stereocenters. The van der Waals surface area contributed by atoms with E-state index in [9.17, 15) is 0 Å². The third-order valence-corrected chi connectivity index (χ3v) is 10.0. The van der Waals surface area contributed by atoms with Gasteiger partial charge < -0.3 is 28.7 Å².